The number of carbonyl (C=O) groups excluding carboxylic acids is 1. The number of rotatable bonds is 6. The van der Waals surface area contributed by atoms with E-state index in [1.807, 2.05) is 0 Å². The number of carbonyl (C=O) groups is 2. The predicted molar refractivity (Wildman–Crippen MR) is 76.0 cm³/mol. The molecule has 5 nitrogen and oxygen atoms in total. The Balaban J connectivity index is 2.90. The van der Waals surface area contributed by atoms with Gasteiger partial charge in [0, 0.05) is 0 Å². The van der Waals surface area contributed by atoms with Gasteiger partial charge in [-0.2, -0.15) is 0 Å². The zero-order valence-corrected chi connectivity index (χ0v) is 12.9. The highest BCUT2D eigenvalue weighted by Gasteiger charge is 2.34. The number of carboxylic acid groups (broad SMARTS) is 1. The molecule has 0 aliphatic carbocycles. The summed E-state index contributed by atoms with van der Waals surface area (Å²) in [4.78, 5) is 23.2. The second kappa shape index (κ2) is 6.89. The largest absolute Gasteiger partial charge is 0.573 e. The number of hydrogen-bond donors (Lipinski definition) is 2. The van der Waals surface area contributed by atoms with Gasteiger partial charge in [0.2, 0.25) is 5.91 Å². The van der Waals surface area contributed by atoms with Gasteiger partial charge in [-0.05, 0) is 38.0 Å². The third-order valence-corrected chi connectivity index (χ3v) is 3.39. The fraction of sp³-hybridized carbons (Fsp3) is 0.467. The van der Waals surface area contributed by atoms with E-state index in [1.54, 1.807) is 20.8 Å². The van der Waals surface area contributed by atoms with Crippen molar-refractivity contribution in [2.24, 2.45) is 0 Å². The molecule has 23 heavy (non-hydrogen) atoms. The van der Waals surface area contributed by atoms with E-state index >= 15 is 0 Å². The van der Waals surface area contributed by atoms with Crippen LogP contribution < -0.4 is 10.1 Å². The Morgan fingerprint density at radius 3 is 2.13 bits per heavy atom. The normalized spacial score (nSPS) is 13.3. The molecule has 0 fully saturated rings. The lowest BCUT2D eigenvalue weighted by atomic mass is 9.83. The molecule has 8 heteroatoms. The molecule has 0 aromatic heterocycles. The van der Waals surface area contributed by atoms with Crippen molar-refractivity contribution < 1.29 is 32.6 Å². The number of halogens is 3. The van der Waals surface area contributed by atoms with Crippen LogP contribution in [0.15, 0.2) is 24.3 Å². The summed E-state index contributed by atoms with van der Waals surface area (Å²) >= 11 is 0. The van der Waals surface area contributed by atoms with Gasteiger partial charge in [0.1, 0.15) is 11.8 Å². The maximum atomic E-state index is 12.3. The number of ether oxygens (including phenoxy) is 1. The van der Waals surface area contributed by atoms with Gasteiger partial charge in [-0.1, -0.05) is 19.1 Å². The Labute approximate surface area is 131 Å². The van der Waals surface area contributed by atoms with Crippen LogP contribution in [-0.4, -0.2) is 29.4 Å². The van der Waals surface area contributed by atoms with Gasteiger partial charge < -0.3 is 15.2 Å². The molecule has 1 atom stereocenters. The van der Waals surface area contributed by atoms with E-state index in [0.717, 1.165) is 12.1 Å². The van der Waals surface area contributed by atoms with Gasteiger partial charge in [0.15, 0.2) is 0 Å². The molecule has 1 rings (SSSR count). The number of amides is 1. The number of nitrogens with one attached hydrogen (secondary N) is 1. The van der Waals surface area contributed by atoms with E-state index in [4.69, 9.17) is 5.11 Å². The fourth-order valence-corrected chi connectivity index (χ4v) is 1.88. The van der Waals surface area contributed by atoms with Crippen LogP contribution in [0.5, 0.6) is 5.75 Å². The molecule has 1 aromatic carbocycles. The van der Waals surface area contributed by atoms with Crippen LogP contribution in [-0.2, 0) is 15.0 Å². The molecule has 1 unspecified atom stereocenters. The van der Waals surface area contributed by atoms with Crippen LogP contribution in [0, 0.1) is 0 Å². The molecular weight excluding hydrogens is 315 g/mol. The van der Waals surface area contributed by atoms with Gasteiger partial charge in [-0.25, -0.2) is 4.79 Å². The number of aliphatic carboxylic acids is 1. The van der Waals surface area contributed by atoms with Crippen LogP contribution in [0.2, 0.25) is 0 Å². The SMILES string of the molecule is CCC(NC(=O)C(C)(C)c1ccc(OC(F)(F)F)cc1)C(=O)O. The molecule has 1 amide bonds. The minimum Gasteiger partial charge on any atom is -0.480 e. The zero-order valence-electron chi connectivity index (χ0n) is 12.9. The fourth-order valence-electron chi connectivity index (χ4n) is 1.88. The number of benzene rings is 1. The van der Waals surface area contributed by atoms with E-state index in [1.165, 1.54) is 12.1 Å². The minimum atomic E-state index is -4.79. The molecule has 0 aliphatic rings. The van der Waals surface area contributed by atoms with Crippen LogP contribution in [0.25, 0.3) is 0 Å². The summed E-state index contributed by atoms with van der Waals surface area (Å²) in [6, 6.07) is 3.86. The van der Waals surface area contributed by atoms with E-state index in [2.05, 4.69) is 10.1 Å². The predicted octanol–water partition coefficient (Wildman–Crippen LogP) is 2.84. The van der Waals surface area contributed by atoms with Crippen LogP contribution >= 0.6 is 0 Å². The second-order valence-electron chi connectivity index (χ2n) is 5.47. The van der Waals surface area contributed by atoms with Gasteiger partial charge in [-0.15, -0.1) is 13.2 Å². The molecule has 0 aliphatic heterocycles. The molecule has 0 saturated heterocycles. The summed E-state index contributed by atoms with van der Waals surface area (Å²) in [7, 11) is 0. The molecule has 1 aromatic rings. The quantitative estimate of drug-likeness (QED) is 0.839. The number of hydrogen-bond acceptors (Lipinski definition) is 3. The maximum absolute atomic E-state index is 12.3. The molecule has 0 heterocycles. The summed E-state index contributed by atoms with van der Waals surface area (Å²) in [5, 5.41) is 11.4. The van der Waals surface area contributed by atoms with Crippen LogP contribution in [0.4, 0.5) is 13.2 Å². The first kappa shape index (κ1) is 18.8. The zero-order chi connectivity index (χ0) is 17.8. The summed E-state index contributed by atoms with van der Waals surface area (Å²) in [6.07, 6.45) is -4.57. The van der Waals surface area contributed by atoms with Crippen molar-refractivity contribution in [3.63, 3.8) is 0 Å². The Bertz CT molecular complexity index is 567. The van der Waals surface area contributed by atoms with Crippen LogP contribution in [0.3, 0.4) is 0 Å². The molecule has 128 valence electrons. The van der Waals surface area contributed by atoms with Crippen LogP contribution in [0.1, 0.15) is 32.8 Å². The maximum Gasteiger partial charge on any atom is 0.573 e. The standard InChI is InChI=1S/C15H18F3NO4/c1-4-11(12(20)21)19-13(22)14(2,3)9-5-7-10(8-6-9)23-15(16,17)18/h5-8,11H,4H2,1-3H3,(H,19,22)(H,20,21). The van der Waals surface area contributed by atoms with Crippen molar-refractivity contribution in [3.8, 4) is 5.75 Å². The molecule has 0 spiro atoms. The lowest BCUT2D eigenvalue weighted by molar-refractivity contribution is -0.274. The Morgan fingerprint density at radius 2 is 1.74 bits per heavy atom. The highest BCUT2D eigenvalue weighted by Crippen LogP contribution is 2.28. The monoisotopic (exact) mass is 333 g/mol. The number of alkyl halides is 3. The van der Waals surface area contributed by atoms with Crippen molar-refractivity contribution in [1.82, 2.24) is 5.32 Å². The van der Waals surface area contributed by atoms with E-state index < -0.39 is 35.4 Å². The van der Waals surface area contributed by atoms with E-state index in [-0.39, 0.29) is 6.42 Å². The molecule has 0 saturated carbocycles. The van der Waals surface area contributed by atoms with Gasteiger partial charge in [-0.3, -0.25) is 4.79 Å². The third-order valence-electron chi connectivity index (χ3n) is 3.39. The van der Waals surface area contributed by atoms with E-state index in [9.17, 15) is 22.8 Å². The van der Waals surface area contributed by atoms with Crippen molar-refractivity contribution in [2.75, 3.05) is 0 Å². The van der Waals surface area contributed by atoms with Gasteiger partial charge in [0.05, 0.1) is 5.41 Å². The minimum absolute atomic E-state index is 0.218. The molecular formula is C15H18F3NO4. The summed E-state index contributed by atoms with van der Waals surface area (Å²) in [6.45, 7) is 4.72. The number of carboxylic acids is 1. The average molecular weight is 333 g/mol. The van der Waals surface area contributed by atoms with Crippen molar-refractivity contribution in [3.05, 3.63) is 29.8 Å². The smallest absolute Gasteiger partial charge is 0.480 e. The molecule has 0 radical (unpaired) electrons. The highest BCUT2D eigenvalue weighted by atomic mass is 19.4. The van der Waals surface area contributed by atoms with E-state index in [0.29, 0.717) is 5.56 Å². The lowest BCUT2D eigenvalue weighted by Gasteiger charge is -2.26. The Morgan fingerprint density at radius 1 is 1.22 bits per heavy atom. The van der Waals surface area contributed by atoms with Gasteiger partial charge >= 0.3 is 12.3 Å². The first-order valence-corrected chi connectivity index (χ1v) is 6.87. The summed E-state index contributed by atoms with van der Waals surface area (Å²) in [5.41, 5.74) is -0.677. The highest BCUT2D eigenvalue weighted by molar-refractivity contribution is 5.90. The van der Waals surface area contributed by atoms with Gasteiger partial charge in [0.25, 0.3) is 0 Å². The Hall–Kier alpha value is -2.25. The third kappa shape index (κ3) is 5.15. The molecule has 2 N–H and O–H groups in total. The van der Waals surface area contributed by atoms with Crippen molar-refractivity contribution in [2.45, 2.75) is 45.0 Å². The first-order valence-electron chi connectivity index (χ1n) is 6.87. The molecule has 0 bridgehead atoms. The topological polar surface area (TPSA) is 75.6 Å². The van der Waals surface area contributed by atoms with Crippen molar-refractivity contribution in [1.29, 1.82) is 0 Å². The Kier molecular flexibility index (Phi) is 5.63. The summed E-state index contributed by atoms with van der Waals surface area (Å²) in [5.74, 6) is -2.07. The summed E-state index contributed by atoms with van der Waals surface area (Å²) < 4.78 is 40.1. The van der Waals surface area contributed by atoms with Crippen molar-refractivity contribution >= 4 is 11.9 Å². The lowest BCUT2D eigenvalue weighted by Crippen LogP contribution is -2.48. The first-order chi connectivity index (χ1) is 10.5. The second-order valence-corrected chi connectivity index (χ2v) is 5.47. The average Bonchev–Trinajstić information content (AvgIpc) is 2.42.